The van der Waals surface area contributed by atoms with Crippen LogP contribution in [0.4, 0.5) is 13.2 Å². The van der Waals surface area contributed by atoms with Crippen LogP contribution in [0.5, 0.6) is 0 Å². The van der Waals surface area contributed by atoms with Gasteiger partial charge in [0.1, 0.15) is 17.5 Å². The molecule has 2 aromatic carbocycles. The van der Waals surface area contributed by atoms with Gasteiger partial charge in [-0.1, -0.05) is 22.0 Å². The smallest absolute Gasteiger partial charge is 0.137 e. The predicted octanol–water partition coefficient (Wildman–Crippen LogP) is 4.94. The van der Waals surface area contributed by atoms with Gasteiger partial charge in [-0.05, 0) is 52.8 Å². The zero-order chi connectivity index (χ0) is 14.9. The minimum Gasteiger partial charge on any atom is -0.309 e. The summed E-state index contributed by atoms with van der Waals surface area (Å²) in [7, 11) is 1.62. The highest BCUT2D eigenvalue weighted by Crippen LogP contribution is 2.32. The standard InChI is InChI=1S/C14H10Br2F3N/c1-20-14(8-3-2-7(17)4-10(8)15)9-5-13(19)11(16)6-12(9)18/h2-6,14,20H,1H3. The molecule has 0 spiro atoms. The Kier molecular flexibility index (Phi) is 4.88. The highest BCUT2D eigenvalue weighted by Gasteiger charge is 2.20. The topological polar surface area (TPSA) is 12.0 Å². The van der Waals surface area contributed by atoms with E-state index in [0.29, 0.717) is 10.0 Å². The summed E-state index contributed by atoms with van der Waals surface area (Å²) < 4.78 is 41.3. The van der Waals surface area contributed by atoms with E-state index in [4.69, 9.17) is 0 Å². The molecule has 0 aliphatic heterocycles. The number of hydrogen-bond donors (Lipinski definition) is 1. The van der Waals surface area contributed by atoms with E-state index < -0.39 is 23.5 Å². The average molecular weight is 409 g/mol. The molecule has 1 unspecified atom stereocenters. The van der Waals surface area contributed by atoms with Gasteiger partial charge in [-0.25, -0.2) is 13.2 Å². The maximum absolute atomic E-state index is 14.0. The van der Waals surface area contributed by atoms with E-state index in [1.807, 2.05) is 0 Å². The maximum atomic E-state index is 14.0. The summed E-state index contributed by atoms with van der Waals surface area (Å²) in [6.45, 7) is 0. The van der Waals surface area contributed by atoms with Crippen LogP contribution >= 0.6 is 31.9 Å². The third kappa shape index (κ3) is 3.07. The molecule has 0 saturated carbocycles. The Morgan fingerprint density at radius 2 is 1.60 bits per heavy atom. The first kappa shape index (κ1) is 15.5. The molecule has 0 heterocycles. The summed E-state index contributed by atoms with van der Waals surface area (Å²) in [4.78, 5) is 0. The lowest BCUT2D eigenvalue weighted by Crippen LogP contribution is -2.20. The lowest BCUT2D eigenvalue weighted by molar-refractivity contribution is 0.553. The molecule has 0 fully saturated rings. The predicted molar refractivity (Wildman–Crippen MR) is 79.1 cm³/mol. The van der Waals surface area contributed by atoms with Crippen molar-refractivity contribution in [2.45, 2.75) is 6.04 Å². The van der Waals surface area contributed by atoms with Crippen LogP contribution in [0.15, 0.2) is 39.3 Å². The van der Waals surface area contributed by atoms with Crippen LogP contribution in [-0.2, 0) is 0 Å². The van der Waals surface area contributed by atoms with Gasteiger partial charge in [-0.15, -0.1) is 0 Å². The minimum absolute atomic E-state index is 0.0618. The Hall–Kier alpha value is -0.850. The molecule has 0 radical (unpaired) electrons. The Labute approximate surface area is 131 Å². The largest absolute Gasteiger partial charge is 0.309 e. The van der Waals surface area contributed by atoms with Gasteiger partial charge in [-0.2, -0.15) is 0 Å². The van der Waals surface area contributed by atoms with E-state index in [-0.39, 0.29) is 10.0 Å². The number of benzene rings is 2. The molecule has 1 N–H and O–H groups in total. The fraction of sp³-hybridized carbons (Fsp3) is 0.143. The van der Waals surface area contributed by atoms with Crippen molar-refractivity contribution in [1.82, 2.24) is 5.32 Å². The van der Waals surface area contributed by atoms with Crippen molar-refractivity contribution in [2.24, 2.45) is 0 Å². The lowest BCUT2D eigenvalue weighted by Gasteiger charge is -2.19. The van der Waals surface area contributed by atoms with Gasteiger partial charge in [0.15, 0.2) is 0 Å². The van der Waals surface area contributed by atoms with E-state index in [2.05, 4.69) is 37.2 Å². The fourth-order valence-electron chi connectivity index (χ4n) is 1.97. The first-order valence-electron chi connectivity index (χ1n) is 5.70. The summed E-state index contributed by atoms with van der Waals surface area (Å²) in [6, 6.07) is 5.69. The zero-order valence-corrected chi connectivity index (χ0v) is 13.5. The van der Waals surface area contributed by atoms with Crippen molar-refractivity contribution in [3.63, 3.8) is 0 Å². The Bertz CT molecular complexity index is 647. The third-order valence-corrected chi connectivity index (χ3v) is 4.21. The highest BCUT2D eigenvalue weighted by molar-refractivity contribution is 9.10. The van der Waals surface area contributed by atoms with Crippen LogP contribution in [-0.4, -0.2) is 7.05 Å². The van der Waals surface area contributed by atoms with Crippen LogP contribution in [0.3, 0.4) is 0 Å². The molecule has 6 heteroatoms. The van der Waals surface area contributed by atoms with Crippen molar-refractivity contribution in [3.8, 4) is 0 Å². The molecule has 0 aromatic heterocycles. The molecule has 1 atom stereocenters. The quantitative estimate of drug-likeness (QED) is 0.709. The summed E-state index contributed by atoms with van der Waals surface area (Å²) in [6.07, 6.45) is 0. The zero-order valence-electron chi connectivity index (χ0n) is 10.4. The molecule has 0 aliphatic rings. The molecule has 0 aliphatic carbocycles. The fourth-order valence-corrected chi connectivity index (χ4v) is 2.87. The van der Waals surface area contributed by atoms with E-state index in [1.54, 1.807) is 7.05 Å². The molecule has 2 aromatic rings. The van der Waals surface area contributed by atoms with Crippen molar-refractivity contribution in [1.29, 1.82) is 0 Å². The van der Waals surface area contributed by atoms with Gasteiger partial charge in [0.25, 0.3) is 0 Å². The van der Waals surface area contributed by atoms with Gasteiger partial charge < -0.3 is 5.32 Å². The number of nitrogens with one attached hydrogen (secondary N) is 1. The van der Waals surface area contributed by atoms with Crippen LogP contribution in [0.2, 0.25) is 0 Å². The molecule has 0 saturated heterocycles. The molecule has 20 heavy (non-hydrogen) atoms. The summed E-state index contributed by atoms with van der Waals surface area (Å²) in [5.74, 6) is -1.51. The normalized spacial score (nSPS) is 12.5. The number of hydrogen-bond acceptors (Lipinski definition) is 1. The highest BCUT2D eigenvalue weighted by atomic mass is 79.9. The van der Waals surface area contributed by atoms with E-state index >= 15 is 0 Å². The molecule has 2 rings (SSSR count). The van der Waals surface area contributed by atoms with Crippen LogP contribution in [0, 0.1) is 17.5 Å². The monoisotopic (exact) mass is 407 g/mol. The van der Waals surface area contributed by atoms with E-state index in [1.165, 1.54) is 18.2 Å². The third-order valence-electron chi connectivity index (χ3n) is 2.91. The van der Waals surface area contributed by atoms with Crippen LogP contribution in [0.1, 0.15) is 17.2 Å². The van der Waals surface area contributed by atoms with E-state index in [0.717, 1.165) is 12.1 Å². The number of halogens is 5. The van der Waals surface area contributed by atoms with E-state index in [9.17, 15) is 13.2 Å². The second-order valence-corrected chi connectivity index (χ2v) is 5.88. The van der Waals surface area contributed by atoms with Gasteiger partial charge in [-0.3, -0.25) is 0 Å². The van der Waals surface area contributed by atoms with Gasteiger partial charge >= 0.3 is 0 Å². The average Bonchev–Trinajstić information content (AvgIpc) is 2.38. The van der Waals surface area contributed by atoms with Crippen molar-refractivity contribution < 1.29 is 13.2 Å². The first-order valence-corrected chi connectivity index (χ1v) is 7.29. The van der Waals surface area contributed by atoms with Crippen LogP contribution < -0.4 is 5.32 Å². The summed E-state index contributed by atoms with van der Waals surface area (Å²) >= 11 is 6.18. The summed E-state index contributed by atoms with van der Waals surface area (Å²) in [5, 5.41) is 2.91. The molecule has 0 bridgehead atoms. The first-order chi connectivity index (χ1) is 9.43. The Morgan fingerprint density at radius 1 is 0.900 bits per heavy atom. The molecule has 106 valence electrons. The van der Waals surface area contributed by atoms with Gasteiger partial charge in [0.05, 0.1) is 10.5 Å². The molecule has 1 nitrogen and oxygen atoms in total. The molecular weight excluding hydrogens is 399 g/mol. The second-order valence-electron chi connectivity index (χ2n) is 4.18. The Morgan fingerprint density at radius 3 is 2.20 bits per heavy atom. The van der Waals surface area contributed by atoms with Crippen molar-refractivity contribution >= 4 is 31.9 Å². The van der Waals surface area contributed by atoms with Gasteiger partial charge in [0.2, 0.25) is 0 Å². The van der Waals surface area contributed by atoms with Crippen molar-refractivity contribution in [2.75, 3.05) is 7.05 Å². The lowest BCUT2D eigenvalue weighted by atomic mass is 9.98. The number of rotatable bonds is 3. The maximum Gasteiger partial charge on any atom is 0.137 e. The van der Waals surface area contributed by atoms with Gasteiger partial charge in [0, 0.05) is 10.0 Å². The van der Waals surface area contributed by atoms with Crippen molar-refractivity contribution in [3.05, 3.63) is 67.9 Å². The second kappa shape index (κ2) is 6.28. The SMILES string of the molecule is CNC(c1cc(F)c(Br)cc1F)c1ccc(F)cc1Br. The summed E-state index contributed by atoms with van der Waals surface area (Å²) in [5.41, 5.74) is 0.773. The Balaban J connectivity index is 2.55. The minimum atomic E-state index is -0.590. The molecular formula is C14H10Br2F3N. The van der Waals surface area contributed by atoms with Crippen LogP contribution in [0.25, 0.3) is 0 Å². The molecule has 0 amide bonds.